The Kier molecular flexibility index (Phi) is 7.14. The molecule has 0 radical (unpaired) electrons. The average Bonchev–Trinajstić information content (AvgIpc) is 2.89. The average molecular weight is 464 g/mol. The second-order valence-electron chi connectivity index (χ2n) is 8.06. The molecule has 0 saturated heterocycles. The van der Waals surface area contributed by atoms with Gasteiger partial charge in [-0.25, -0.2) is 4.98 Å². The lowest BCUT2D eigenvalue weighted by Crippen LogP contribution is -2.13. The lowest BCUT2D eigenvalue weighted by atomic mass is 9.98. The molecule has 6 heteroatoms. The van der Waals surface area contributed by atoms with Crippen molar-refractivity contribution in [1.82, 2.24) is 4.98 Å². The van der Waals surface area contributed by atoms with Crippen LogP contribution in [0.2, 0.25) is 0 Å². The van der Waals surface area contributed by atoms with Gasteiger partial charge in [-0.05, 0) is 41.5 Å². The standard InChI is InChI=1S/C29H25N3O3/c1-2-27(34)31-23-14-12-20(13-15-23)25-17-16-24(29(30)35)28(32-25)22-10-8-21(9-11-22)26(33)18-19-6-4-3-5-7-19/h2-17,26,33H,1,18H2,(H2,30,35)(H,31,34). The first-order valence-corrected chi connectivity index (χ1v) is 11.1. The smallest absolute Gasteiger partial charge is 0.250 e. The molecule has 4 rings (SSSR count). The molecular formula is C29H25N3O3. The van der Waals surface area contributed by atoms with Gasteiger partial charge in [0.1, 0.15) is 0 Å². The Balaban J connectivity index is 1.61. The normalized spacial score (nSPS) is 11.5. The SMILES string of the molecule is C=CC(=O)Nc1ccc(-c2ccc(C(N)=O)c(-c3ccc(C(O)Cc4ccccc4)cc3)n2)cc1. The third-order valence-corrected chi connectivity index (χ3v) is 5.64. The summed E-state index contributed by atoms with van der Waals surface area (Å²) in [5.74, 6) is -0.865. The first kappa shape index (κ1) is 23.6. The molecule has 4 aromatic rings. The van der Waals surface area contributed by atoms with Gasteiger partial charge in [-0.3, -0.25) is 9.59 Å². The van der Waals surface area contributed by atoms with Crippen molar-refractivity contribution in [2.45, 2.75) is 12.5 Å². The Morgan fingerprint density at radius 2 is 1.57 bits per heavy atom. The van der Waals surface area contributed by atoms with Gasteiger partial charge in [-0.1, -0.05) is 73.3 Å². The quantitative estimate of drug-likeness (QED) is 0.323. The summed E-state index contributed by atoms with van der Waals surface area (Å²) in [5, 5.41) is 13.3. The summed E-state index contributed by atoms with van der Waals surface area (Å²) in [6.07, 6.45) is 1.06. The number of aromatic nitrogens is 1. The van der Waals surface area contributed by atoms with Crippen molar-refractivity contribution in [3.8, 4) is 22.5 Å². The van der Waals surface area contributed by atoms with Crippen LogP contribution in [-0.4, -0.2) is 21.9 Å². The van der Waals surface area contributed by atoms with Crippen LogP contribution in [0.3, 0.4) is 0 Å². The molecule has 1 atom stereocenters. The van der Waals surface area contributed by atoms with Crippen LogP contribution in [0.1, 0.15) is 27.6 Å². The third-order valence-electron chi connectivity index (χ3n) is 5.64. The molecule has 4 N–H and O–H groups in total. The Morgan fingerprint density at radius 3 is 2.20 bits per heavy atom. The van der Waals surface area contributed by atoms with Gasteiger partial charge in [0.25, 0.3) is 5.91 Å². The van der Waals surface area contributed by atoms with Gasteiger partial charge in [-0.2, -0.15) is 0 Å². The highest BCUT2D eigenvalue weighted by Gasteiger charge is 2.15. The number of nitrogens with zero attached hydrogens (tertiary/aromatic N) is 1. The molecule has 1 aromatic heterocycles. The molecule has 2 amide bonds. The number of hydrogen-bond acceptors (Lipinski definition) is 4. The van der Waals surface area contributed by atoms with Crippen molar-refractivity contribution in [2.24, 2.45) is 5.73 Å². The zero-order valence-electron chi connectivity index (χ0n) is 19.0. The number of carbonyl (C=O) groups excluding carboxylic acids is 2. The van der Waals surface area contributed by atoms with Crippen LogP contribution in [0.5, 0.6) is 0 Å². The monoisotopic (exact) mass is 463 g/mol. The van der Waals surface area contributed by atoms with Crippen molar-refractivity contribution in [2.75, 3.05) is 5.32 Å². The summed E-state index contributed by atoms with van der Waals surface area (Å²) in [7, 11) is 0. The molecule has 1 unspecified atom stereocenters. The van der Waals surface area contributed by atoms with Crippen LogP contribution in [0.25, 0.3) is 22.5 Å². The third kappa shape index (κ3) is 5.69. The maximum absolute atomic E-state index is 12.1. The predicted octanol–water partition coefficient (Wildman–Crippen LogP) is 4.92. The fraction of sp³-hybridized carbons (Fsp3) is 0.0690. The number of aliphatic hydroxyl groups is 1. The maximum Gasteiger partial charge on any atom is 0.250 e. The second-order valence-corrected chi connectivity index (χ2v) is 8.06. The van der Waals surface area contributed by atoms with Crippen LogP contribution in [-0.2, 0) is 11.2 Å². The van der Waals surface area contributed by atoms with Crippen molar-refractivity contribution in [1.29, 1.82) is 0 Å². The number of aliphatic hydroxyl groups excluding tert-OH is 1. The van der Waals surface area contributed by atoms with E-state index >= 15 is 0 Å². The zero-order chi connectivity index (χ0) is 24.8. The summed E-state index contributed by atoms with van der Waals surface area (Å²) >= 11 is 0. The Morgan fingerprint density at radius 1 is 0.914 bits per heavy atom. The number of pyridine rings is 1. The van der Waals surface area contributed by atoms with Crippen molar-refractivity contribution in [3.63, 3.8) is 0 Å². The van der Waals surface area contributed by atoms with E-state index in [1.165, 1.54) is 6.08 Å². The maximum atomic E-state index is 12.1. The van der Waals surface area contributed by atoms with E-state index in [2.05, 4.69) is 11.9 Å². The van der Waals surface area contributed by atoms with E-state index in [1.54, 1.807) is 24.3 Å². The summed E-state index contributed by atoms with van der Waals surface area (Å²) < 4.78 is 0. The summed E-state index contributed by atoms with van der Waals surface area (Å²) in [5.41, 5.74) is 11.0. The van der Waals surface area contributed by atoms with E-state index in [4.69, 9.17) is 10.7 Å². The van der Waals surface area contributed by atoms with E-state index in [0.717, 1.165) is 16.7 Å². The number of anilines is 1. The number of hydrogen-bond donors (Lipinski definition) is 3. The molecule has 0 spiro atoms. The zero-order valence-corrected chi connectivity index (χ0v) is 19.0. The van der Waals surface area contributed by atoms with Gasteiger partial charge in [0.15, 0.2) is 0 Å². The minimum absolute atomic E-state index is 0.290. The highest BCUT2D eigenvalue weighted by molar-refractivity contribution is 6.00. The first-order valence-electron chi connectivity index (χ1n) is 11.1. The van der Waals surface area contributed by atoms with Gasteiger partial charge in [0.2, 0.25) is 5.91 Å². The van der Waals surface area contributed by atoms with Gasteiger partial charge < -0.3 is 16.2 Å². The van der Waals surface area contributed by atoms with Crippen LogP contribution in [0, 0.1) is 0 Å². The number of carbonyl (C=O) groups is 2. The van der Waals surface area contributed by atoms with Crippen molar-refractivity contribution >= 4 is 17.5 Å². The molecule has 6 nitrogen and oxygen atoms in total. The molecule has 0 fully saturated rings. The Hall–Kier alpha value is -4.55. The largest absolute Gasteiger partial charge is 0.388 e. The predicted molar refractivity (Wildman–Crippen MR) is 138 cm³/mol. The topological polar surface area (TPSA) is 105 Å². The first-order chi connectivity index (χ1) is 16.9. The van der Waals surface area contributed by atoms with Gasteiger partial charge in [0, 0.05) is 23.2 Å². The number of benzene rings is 3. The fourth-order valence-corrected chi connectivity index (χ4v) is 3.77. The Bertz CT molecular complexity index is 1350. The Labute approximate surface area is 203 Å². The number of rotatable bonds is 8. The minimum Gasteiger partial charge on any atom is -0.388 e. The number of nitrogens with two attached hydrogens (primary N) is 1. The highest BCUT2D eigenvalue weighted by Crippen LogP contribution is 2.28. The lowest BCUT2D eigenvalue weighted by Gasteiger charge is -2.13. The van der Waals surface area contributed by atoms with E-state index in [0.29, 0.717) is 34.6 Å². The highest BCUT2D eigenvalue weighted by atomic mass is 16.3. The van der Waals surface area contributed by atoms with E-state index in [-0.39, 0.29) is 5.91 Å². The summed E-state index contributed by atoms with van der Waals surface area (Å²) in [4.78, 5) is 28.3. The second kappa shape index (κ2) is 10.6. The van der Waals surface area contributed by atoms with Gasteiger partial charge >= 0.3 is 0 Å². The van der Waals surface area contributed by atoms with Crippen LogP contribution in [0.15, 0.2) is 104 Å². The van der Waals surface area contributed by atoms with Crippen LogP contribution < -0.4 is 11.1 Å². The number of amides is 2. The molecule has 0 aliphatic carbocycles. The summed E-state index contributed by atoms with van der Waals surface area (Å²) in [6, 6.07) is 27.7. The van der Waals surface area contributed by atoms with Crippen molar-refractivity contribution < 1.29 is 14.7 Å². The minimum atomic E-state index is -0.651. The van der Waals surface area contributed by atoms with E-state index in [1.807, 2.05) is 66.7 Å². The molecule has 0 saturated carbocycles. The van der Waals surface area contributed by atoms with Crippen LogP contribution >= 0.6 is 0 Å². The fourth-order valence-electron chi connectivity index (χ4n) is 3.77. The van der Waals surface area contributed by atoms with Crippen LogP contribution in [0.4, 0.5) is 5.69 Å². The molecule has 174 valence electrons. The van der Waals surface area contributed by atoms with Crippen molar-refractivity contribution in [3.05, 3.63) is 120 Å². The van der Waals surface area contributed by atoms with Gasteiger partial charge in [0.05, 0.1) is 23.1 Å². The molecule has 35 heavy (non-hydrogen) atoms. The molecular weight excluding hydrogens is 438 g/mol. The molecule has 1 heterocycles. The molecule has 0 bridgehead atoms. The van der Waals surface area contributed by atoms with E-state index < -0.39 is 12.0 Å². The molecule has 0 aliphatic heterocycles. The number of nitrogens with one attached hydrogen (secondary N) is 1. The lowest BCUT2D eigenvalue weighted by molar-refractivity contribution is -0.111. The van der Waals surface area contributed by atoms with Gasteiger partial charge in [-0.15, -0.1) is 0 Å². The molecule has 0 aliphatic rings. The molecule has 3 aromatic carbocycles. The number of primary amides is 1. The van der Waals surface area contributed by atoms with E-state index in [9.17, 15) is 14.7 Å². The summed E-state index contributed by atoms with van der Waals surface area (Å²) in [6.45, 7) is 3.44.